The highest BCUT2D eigenvalue weighted by Crippen LogP contribution is 2.34. The molecule has 0 bridgehead atoms. The molecule has 4 rings (SSSR count). The van der Waals surface area contributed by atoms with Gasteiger partial charge in [0.2, 0.25) is 0 Å². The second kappa shape index (κ2) is 5.54. The first kappa shape index (κ1) is 13.5. The standard InChI is InChI=1S/C18H20N4/c1-2-21-13-7-11-16(21)22-17(14-8-4-3-5-9-14)20-15-10-6-12-19-18(15)22/h3-6,8-10,12,16H,2,7,11,13H2,1H3. The summed E-state index contributed by atoms with van der Waals surface area (Å²) in [5.41, 5.74) is 3.12. The molecular formula is C18H20N4. The molecule has 4 heteroatoms. The summed E-state index contributed by atoms with van der Waals surface area (Å²) in [5, 5.41) is 0. The zero-order chi connectivity index (χ0) is 14.9. The minimum atomic E-state index is 0.361. The molecule has 1 aliphatic rings. The number of nitrogens with zero attached hydrogens (tertiary/aromatic N) is 4. The van der Waals surface area contributed by atoms with Gasteiger partial charge >= 0.3 is 0 Å². The van der Waals surface area contributed by atoms with E-state index in [2.05, 4.69) is 51.7 Å². The Morgan fingerprint density at radius 1 is 1.14 bits per heavy atom. The van der Waals surface area contributed by atoms with Gasteiger partial charge in [-0.2, -0.15) is 0 Å². The van der Waals surface area contributed by atoms with Crippen molar-refractivity contribution < 1.29 is 0 Å². The van der Waals surface area contributed by atoms with Crippen molar-refractivity contribution in [3.63, 3.8) is 0 Å². The highest BCUT2D eigenvalue weighted by Gasteiger charge is 2.29. The van der Waals surface area contributed by atoms with Gasteiger partial charge in [0.25, 0.3) is 0 Å². The molecule has 1 aliphatic heterocycles. The number of hydrogen-bond acceptors (Lipinski definition) is 3. The van der Waals surface area contributed by atoms with Crippen LogP contribution in [0.4, 0.5) is 0 Å². The molecule has 0 spiro atoms. The van der Waals surface area contributed by atoms with Crippen molar-refractivity contribution in [2.45, 2.75) is 25.9 Å². The molecule has 3 aromatic rings. The Morgan fingerprint density at radius 3 is 2.82 bits per heavy atom. The monoisotopic (exact) mass is 292 g/mol. The Hall–Kier alpha value is -2.20. The quantitative estimate of drug-likeness (QED) is 0.738. The predicted molar refractivity (Wildman–Crippen MR) is 88.5 cm³/mol. The van der Waals surface area contributed by atoms with E-state index in [9.17, 15) is 0 Å². The fourth-order valence-corrected chi connectivity index (χ4v) is 3.47. The van der Waals surface area contributed by atoms with Crippen LogP contribution in [0.25, 0.3) is 22.6 Å². The molecule has 1 saturated heterocycles. The van der Waals surface area contributed by atoms with Crippen LogP contribution in [0, 0.1) is 0 Å². The van der Waals surface area contributed by atoms with Crippen LogP contribution in [0.3, 0.4) is 0 Å². The molecule has 2 aromatic heterocycles. The highest BCUT2D eigenvalue weighted by atomic mass is 15.3. The van der Waals surface area contributed by atoms with E-state index < -0.39 is 0 Å². The molecule has 4 nitrogen and oxygen atoms in total. The van der Waals surface area contributed by atoms with E-state index in [1.54, 1.807) is 0 Å². The zero-order valence-corrected chi connectivity index (χ0v) is 12.8. The maximum atomic E-state index is 4.87. The normalized spacial score (nSPS) is 19.0. The van der Waals surface area contributed by atoms with Crippen molar-refractivity contribution in [1.82, 2.24) is 19.4 Å². The van der Waals surface area contributed by atoms with Gasteiger partial charge < -0.3 is 0 Å². The Kier molecular flexibility index (Phi) is 3.39. The summed E-state index contributed by atoms with van der Waals surface area (Å²) >= 11 is 0. The second-order valence-corrected chi connectivity index (χ2v) is 5.77. The van der Waals surface area contributed by atoms with E-state index in [1.807, 2.05) is 18.3 Å². The molecule has 1 aromatic carbocycles. The number of likely N-dealkylation sites (tertiary alicyclic amines) is 1. The van der Waals surface area contributed by atoms with Gasteiger partial charge in [0.15, 0.2) is 5.65 Å². The third kappa shape index (κ3) is 2.11. The second-order valence-electron chi connectivity index (χ2n) is 5.77. The lowest BCUT2D eigenvalue weighted by Gasteiger charge is -2.26. The molecule has 3 heterocycles. The first-order valence-corrected chi connectivity index (χ1v) is 8.01. The van der Waals surface area contributed by atoms with E-state index in [0.29, 0.717) is 6.17 Å². The Bertz CT molecular complexity index is 778. The molecule has 0 aliphatic carbocycles. The number of aromatic nitrogens is 3. The lowest BCUT2D eigenvalue weighted by molar-refractivity contribution is 0.209. The Morgan fingerprint density at radius 2 is 2.00 bits per heavy atom. The van der Waals surface area contributed by atoms with Crippen molar-refractivity contribution in [2.24, 2.45) is 0 Å². The van der Waals surface area contributed by atoms with Gasteiger partial charge in [-0.05, 0) is 31.5 Å². The fourth-order valence-electron chi connectivity index (χ4n) is 3.47. The fraction of sp³-hybridized carbons (Fsp3) is 0.333. The average molecular weight is 292 g/mol. The van der Waals surface area contributed by atoms with E-state index in [4.69, 9.17) is 4.98 Å². The van der Waals surface area contributed by atoms with Crippen LogP contribution in [0.15, 0.2) is 48.7 Å². The smallest absolute Gasteiger partial charge is 0.161 e. The first-order chi connectivity index (χ1) is 10.9. The van der Waals surface area contributed by atoms with E-state index in [-0.39, 0.29) is 0 Å². The molecule has 0 radical (unpaired) electrons. The van der Waals surface area contributed by atoms with Crippen molar-refractivity contribution >= 4 is 11.2 Å². The summed E-state index contributed by atoms with van der Waals surface area (Å²) in [5.74, 6) is 1.03. The third-order valence-electron chi connectivity index (χ3n) is 4.51. The van der Waals surface area contributed by atoms with Crippen LogP contribution in [0.2, 0.25) is 0 Å². The number of fused-ring (bicyclic) bond motifs is 1. The molecule has 1 fully saturated rings. The zero-order valence-electron chi connectivity index (χ0n) is 12.8. The molecule has 1 unspecified atom stereocenters. The largest absolute Gasteiger partial charge is 0.292 e. The average Bonchev–Trinajstić information content (AvgIpc) is 3.19. The summed E-state index contributed by atoms with van der Waals surface area (Å²) in [6.07, 6.45) is 4.62. The van der Waals surface area contributed by atoms with Gasteiger partial charge in [-0.3, -0.25) is 9.47 Å². The van der Waals surface area contributed by atoms with Crippen LogP contribution in [-0.2, 0) is 0 Å². The third-order valence-corrected chi connectivity index (χ3v) is 4.51. The summed E-state index contributed by atoms with van der Waals surface area (Å²) in [6, 6.07) is 14.4. The van der Waals surface area contributed by atoms with Crippen LogP contribution in [0.1, 0.15) is 25.9 Å². The summed E-state index contributed by atoms with van der Waals surface area (Å²) in [6.45, 7) is 4.44. The number of rotatable bonds is 3. The topological polar surface area (TPSA) is 34.0 Å². The number of pyridine rings is 1. The van der Waals surface area contributed by atoms with E-state index in [0.717, 1.165) is 42.1 Å². The molecule has 112 valence electrons. The summed E-state index contributed by atoms with van der Waals surface area (Å²) in [4.78, 5) is 12.0. The van der Waals surface area contributed by atoms with Gasteiger partial charge in [0, 0.05) is 18.3 Å². The maximum Gasteiger partial charge on any atom is 0.161 e. The number of benzene rings is 1. The first-order valence-electron chi connectivity index (χ1n) is 8.01. The molecular weight excluding hydrogens is 272 g/mol. The molecule has 0 N–H and O–H groups in total. The SMILES string of the molecule is CCN1CCCC1n1c(-c2ccccc2)nc2cccnc21. The van der Waals surface area contributed by atoms with E-state index in [1.165, 1.54) is 6.42 Å². The summed E-state index contributed by atoms with van der Waals surface area (Å²) < 4.78 is 2.33. The predicted octanol–water partition coefficient (Wildman–Crippen LogP) is 3.71. The molecule has 1 atom stereocenters. The molecule has 22 heavy (non-hydrogen) atoms. The van der Waals surface area contributed by atoms with E-state index >= 15 is 0 Å². The lowest BCUT2D eigenvalue weighted by atomic mass is 10.2. The van der Waals surface area contributed by atoms with Crippen molar-refractivity contribution in [1.29, 1.82) is 0 Å². The van der Waals surface area contributed by atoms with Gasteiger partial charge in [-0.15, -0.1) is 0 Å². The van der Waals surface area contributed by atoms with Crippen LogP contribution in [-0.4, -0.2) is 32.5 Å². The highest BCUT2D eigenvalue weighted by molar-refractivity contribution is 5.77. The van der Waals surface area contributed by atoms with Crippen LogP contribution < -0.4 is 0 Å². The van der Waals surface area contributed by atoms with Crippen LogP contribution >= 0.6 is 0 Å². The number of hydrogen-bond donors (Lipinski definition) is 0. The van der Waals surface area contributed by atoms with Gasteiger partial charge in [0.1, 0.15) is 11.3 Å². The lowest BCUT2D eigenvalue weighted by Crippen LogP contribution is -2.27. The molecule has 0 saturated carbocycles. The van der Waals surface area contributed by atoms with Gasteiger partial charge in [0.05, 0.1) is 6.17 Å². The Labute approximate surface area is 130 Å². The van der Waals surface area contributed by atoms with Crippen molar-refractivity contribution in [3.8, 4) is 11.4 Å². The number of imidazole rings is 1. The van der Waals surface area contributed by atoms with Gasteiger partial charge in [-0.1, -0.05) is 37.3 Å². The Balaban J connectivity index is 1.94. The van der Waals surface area contributed by atoms with Gasteiger partial charge in [-0.25, -0.2) is 9.97 Å². The maximum absolute atomic E-state index is 4.87. The van der Waals surface area contributed by atoms with Crippen molar-refractivity contribution in [3.05, 3.63) is 48.7 Å². The molecule has 0 amide bonds. The van der Waals surface area contributed by atoms with Crippen LogP contribution in [0.5, 0.6) is 0 Å². The summed E-state index contributed by atoms with van der Waals surface area (Å²) in [7, 11) is 0. The van der Waals surface area contributed by atoms with Crippen molar-refractivity contribution in [2.75, 3.05) is 13.1 Å². The minimum absolute atomic E-state index is 0.361. The minimum Gasteiger partial charge on any atom is -0.292 e.